The maximum absolute atomic E-state index is 11.6. The Hall–Kier alpha value is -1.49. The summed E-state index contributed by atoms with van der Waals surface area (Å²) in [5.74, 6) is -0.118. The molecule has 1 amide bonds. The predicted molar refractivity (Wildman–Crippen MR) is 71.6 cm³/mol. The topological polar surface area (TPSA) is 55.4 Å². The number of esters is 1. The van der Waals surface area contributed by atoms with Crippen LogP contribution in [0.4, 0.5) is 0 Å². The molecule has 1 rings (SSSR count). The van der Waals surface area contributed by atoms with Crippen LogP contribution < -0.4 is 5.32 Å². The van der Waals surface area contributed by atoms with E-state index < -0.39 is 0 Å². The van der Waals surface area contributed by atoms with Gasteiger partial charge in [0.25, 0.3) is 5.91 Å². The molecule has 5 heteroatoms. The van der Waals surface area contributed by atoms with Gasteiger partial charge in [0.1, 0.15) is 5.94 Å². The van der Waals surface area contributed by atoms with Gasteiger partial charge in [0.05, 0.1) is 5.56 Å². The van der Waals surface area contributed by atoms with Gasteiger partial charge in [0.15, 0.2) is 0 Å². The normalized spacial score (nSPS) is 9.89. The third-order valence-corrected chi connectivity index (χ3v) is 3.15. The molecular formula is C13H17NO3S. The maximum atomic E-state index is 11.6. The van der Waals surface area contributed by atoms with Crippen LogP contribution in [0.1, 0.15) is 30.1 Å². The Kier molecular flexibility index (Phi) is 6.28. The van der Waals surface area contributed by atoms with Crippen molar-refractivity contribution >= 4 is 23.6 Å². The van der Waals surface area contributed by atoms with Crippen molar-refractivity contribution in [2.75, 3.05) is 13.0 Å². The molecule has 1 aromatic carbocycles. The summed E-state index contributed by atoms with van der Waals surface area (Å²) >= 11 is 1.34. The van der Waals surface area contributed by atoms with E-state index in [1.54, 1.807) is 19.2 Å². The van der Waals surface area contributed by atoms with Crippen LogP contribution in [0.2, 0.25) is 0 Å². The maximum Gasteiger partial charge on any atom is 0.306 e. The molecule has 18 heavy (non-hydrogen) atoms. The minimum atomic E-state index is -0.206. The lowest BCUT2D eigenvalue weighted by Crippen LogP contribution is -2.18. The third-order valence-electron chi connectivity index (χ3n) is 2.25. The zero-order valence-electron chi connectivity index (χ0n) is 10.6. The van der Waals surface area contributed by atoms with Crippen LogP contribution in [-0.2, 0) is 9.53 Å². The molecule has 0 aliphatic heterocycles. The molecule has 1 aromatic rings. The second kappa shape index (κ2) is 7.76. The Morgan fingerprint density at radius 1 is 1.33 bits per heavy atom. The number of nitrogens with one attached hydrogen (secondary N) is 1. The van der Waals surface area contributed by atoms with E-state index >= 15 is 0 Å². The highest BCUT2D eigenvalue weighted by Gasteiger charge is 2.10. The first-order chi connectivity index (χ1) is 8.69. The molecule has 0 fully saturated rings. The molecule has 0 aromatic heterocycles. The Bertz CT molecular complexity index is 420. The number of rotatable bonds is 6. The van der Waals surface area contributed by atoms with E-state index in [9.17, 15) is 9.59 Å². The Morgan fingerprint density at radius 3 is 2.72 bits per heavy atom. The molecule has 0 aliphatic rings. The number of amides is 1. The Morgan fingerprint density at radius 2 is 2.06 bits per heavy atom. The Labute approximate surface area is 111 Å². The molecule has 0 radical (unpaired) electrons. The van der Waals surface area contributed by atoms with Crippen molar-refractivity contribution in [3.05, 3.63) is 29.8 Å². The molecule has 0 unspecified atom stereocenters. The molecular weight excluding hydrogens is 250 g/mol. The van der Waals surface area contributed by atoms with Crippen molar-refractivity contribution in [3.63, 3.8) is 0 Å². The van der Waals surface area contributed by atoms with Gasteiger partial charge in [-0.1, -0.05) is 30.8 Å². The van der Waals surface area contributed by atoms with Crippen molar-refractivity contribution in [2.24, 2.45) is 0 Å². The Balaban J connectivity index is 2.57. The van der Waals surface area contributed by atoms with E-state index in [0.29, 0.717) is 12.0 Å². The minimum absolute atomic E-state index is 0.141. The zero-order chi connectivity index (χ0) is 13.4. The molecule has 98 valence electrons. The lowest BCUT2D eigenvalue weighted by atomic mass is 10.2. The lowest BCUT2D eigenvalue weighted by molar-refractivity contribution is -0.141. The average Bonchev–Trinajstić information content (AvgIpc) is 2.39. The van der Waals surface area contributed by atoms with Crippen LogP contribution in [0.3, 0.4) is 0 Å². The van der Waals surface area contributed by atoms with E-state index in [0.717, 1.165) is 11.3 Å². The van der Waals surface area contributed by atoms with Gasteiger partial charge in [-0.2, -0.15) is 0 Å². The summed E-state index contributed by atoms with van der Waals surface area (Å²) in [5, 5.41) is 2.58. The molecule has 0 bridgehead atoms. The van der Waals surface area contributed by atoms with Crippen LogP contribution in [-0.4, -0.2) is 24.9 Å². The summed E-state index contributed by atoms with van der Waals surface area (Å²) in [7, 11) is 1.59. The van der Waals surface area contributed by atoms with E-state index in [-0.39, 0.29) is 17.8 Å². The van der Waals surface area contributed by atoms with Gasteiger partial charge in [-0.05, 0) is 18.6 Å². The summed E-state index contributed by atoms with van der Waals surface area (Å²) < 4.78 is 5.05. The van der Waals surface area contributed by atoms with Crippen molar-refractivity contribution in [2.45, 2.75) is 24.7 Å². The molecule has 0 atom stereocenters. The number of hydrogen-bond acceptors (Lipinski definition) is 4. The van der Waals surface area contributed by atoms with Crippen LogP contribution in [0.5, 0.6) is 0 Å². The molecule has 1 N–H and O–H groups in total. The first kappa shape index (κ1) is 14.6. The molecule has 0 saturated heterocycles. The van der Waals surface area contributed by atoms with Gasteiger partial charge in [0, 0.05) is 18.4 Å². The van der Waals surface area contributed by atoms with E-state index in [2.05, 4.69) is 5.32 Å². The molecule has 0 heterocycles. The lowest BCUT2D eigenvalue weighted by Gasteiger charge is -2.08. The summed E-state index contributed by atoms with van der Waals surface area (Å²) in [6.45, 7) is 1.93. The number of carbonyl (C=O) groups excluding carboxylic acids is 2. The average molecular weight is 267 g/mol. The summed E-state index contributed by atoms with van der Waals surface area (Å²) in [4.78, 5) is 23.6. The number of carbonyl (C=O) groups is 2. The molecule has 0 spiro atoms. The van der Waals surface area contributed by atoms with Crippen LogP contribution in [0.15, 0.2) is 29.2 Å². The largest absolute Gasteiger partial charge is 0.454 e. The van der Waals surface area contributed by atoms with Crippen LogP contribution >= 0.6 is 11.8 Å². The van der Waals surface area contributed by atoms with Crippen molar-refractivity contribution < 1.29 is 14.3 Å². The number of ether oxygens (including phenoxy) is 1. The summed E-state index contributed by atoms with van der Waals surface area (Å²) in [5.41, 5.74) is 0.594. The van der Waals surface area contributed by atoms with Gasteiger partial charge < -0.3 is 10.1 Å². The van der Waals surface area contributed by atoms with Gasteiger partial charge in [0.2, 0.25) is 0 Å². The van der Waals surface area contributed by atoms with E-state index in [4.69, 9.17) is 4.74 Å². The van der Waals surface area contributed by atoms with Crippen LogP contribution in [0.25, 0.3) is 0 Å². The fourth-order valence-electron chi connectivity index (χ4n) is 1.35. The smallest absolute Gasteiger partial charge is 0.306 e. The van der Waals surface area contributed by atoms with Crippen molar-refractivity contribution in [3.8, 4) is 0 Å². The first-order valence-electron chi connectivity index (χ1n) is 5.78. The zero-order valence-corrected chi connectivity index (χ0v) is 11.4. The second-order valence-electron chi connectivity index (χ2n) is 3.60. The number of benzene rings is 1. The van der Waals surface area contributed by atoms with Crippen LogP contribution in [0, 0.1) is 0 Å². The van der Waals surface area contributed by atoms with Crippen molar-refractivity contribution in [1.29, 1.82) is 0 Å². The van der Waals surface area contributed by atoms with E-state index in [1.165, 1.54) is 11.8 Å². The fourth-order valence-corrected chi connectivity index (χ4v) is 2.16. The van der Waals surface area contributed by atoms with E-state index in [1.807, 2.05) is 19.1 Å². The predicted octanol–water partition coefficient (Wildman–Crippen LogP) is 2.44. The highest BCUT2D eigenvalue weighted by atomic mass is 32.2. The first-order valence-corrected chi connectivity index (χ1v) is 6.77. The van der Waals surface area contributed by atoms with Gasteiger partial charge in [-0.15, -0.1) is 0 Å². The van der Waals surface area contributed by atoms with Gasteiger partial charge in [-0.25, -0.2) is 0 Å². The molecule has 0 saturated carbocycles. The highest BCUT2D eigenvalue weighted by Crippen LogP contribution is 2.22. The SMILES string of the molecule is CCCC(=O)OCSc1ccccc1C(=O)NC. The second-order valence-corrected chi connectivity index (χ2v) is 4.57. The minimum Gasteiger partial charge on any atom is -0.454 e. The van der Waals surface area contributed by atoms with Crippen molar-refractivity contribution in [1.82, 2.24) is 5.32 Å². The number of hydrogen-bond donors (Lipinski definition) is 1. The number of thioether (sulfide) groups is 1. The quantitative estimate of drug-likeness (QED) is 0.488. The summed E-state index contributed by atoms with van der Waals surface area (Å²) in [6, 6.07) is 7.23. The van der Waals surface area contributed by atoms with Gasteiger partial charge in [-0.3, -0.25) is 9.59 Å². The standard InChI is InChI=1S/C13H17NO3S/c1-3-6-12(15)17-9-18-11-8-5-4-7-10(11)13(16)14-2/h4-5,7-8H,3,6,9H2,1-2H3,(H,14,16). The third kappa shape index (κ3) is 4.41. The fraction of sp³-hybridized carbons (Fsp3) is 0.385. The highest BCUT2D eigenvalue weighted by molar-refractivity contribution is 7.99. The monoisotopic (exact) mass is 267 g/mol. The molecule has 4 nitrogen and oxygen atoms in total. The molecule has 0 aliphatic carbocycles. The summed E-state index contributed by atoms with van der Waals surface area (Å²) in [6.07, 6.45) is 1.20. The van der Waals surface area contributed by atoms with Gasteiger partial charge >= 0.3 is 5.97 Å².